The normalized spacial score (nSPS) is 16.6. The summed E-state index contributed by atoms with van der Waals surface area (Å²) in [4.78, 5) is 0. The first-order valence-electron chi connectivity index (χ1n) is 7.75. The van der Waals surface area contributed by atoms with Crippen molar-refractivity contribution in [2.24, 2.45) is 5.92 Å². The molecule has 0 nitrogen and oxygen atoms in total. The summed E-state index contributed by atoms with van der Waals surface area (Å²) in [7, 11) is 0. The Hall–Kier alpha value is -2.14. The maximum absolute atomic E-state index is 13.6. The molecule has 0 aromatic heterocycles. The molecule has 0 spiro atoms. The van der Waals surface area contributed by atoms with Gasteiger partial charge in [0, 0.05) is 5.56 Å². The molecular formula is C20H18F2. The molecule has 0 bridgehead atoms. The minimum absolute atomic E-state index is 0.101. The van der Waals surface area contributed by atoms with Gasteiger partial charge in [-0.25, -0.2) is 8.78 Å². The first-order valence-corrected chi connectivity index (χ1v) is 7.75. The predicted molar refractivity (Wildman–Crippen MR) is 84.6 cm³/mol. The fourth-order valence-electron chi connectivity index (χ4n) is 3.00. The summed E-state index contributed by atoms with van der Waals surface area (Å²) in [6.07, 6.45) is 4.66. The van der Waals surface area contributed by atoms with Crippen LogP contribution in [-0.2, 0) is 12.8 Å². The highest BCUT2D eigenvalue weighted by Gasteiger charge is 2.16. The van der Waals surface area contributed by atoms with Crippen molar-refractivity contribution in [3.05, 3.63) is 70.3 Å². The number of benzene rings is 2. The lowest BCUT2D eigenvalue weighted by atomic mass is 9.82. The Bertz CT molecular complexity index is 750. The lowest BCUT2D eigenvalue weighted by Gasteiger charge is -2.23. The first kappa shape index (κ1) is 14.8. The third-order valence-corrected chi connectivity index (χ3v) is 4.41. The Labute approximate surface area is 130 Å². The van der Waals surface area contributed by atoms with Gasteiger partial charge in [0.1, 0.15) is 0 Å². The maximum atomic E-state index is 13.6. The van der Waals surface area contributed by atoms with Crippen molar-refractivity contribution in [1.82, 2.24) is 0 Å². The summed E-state index contributed by atoms with van der Waals surface area (Å²) >= 11 is 0. The van der Waals surface area contributed by atoms with E-state index in [4.69, 9.17) is 0 Å². The molecule has 1 aliphatic carbocycles. The van der Waals surface area contributed by atoms with Crippen LogP contribution in [0.1, 0.15) is 42.0 Å². The molecule has 0 saturated heterocycles. The lowest BCUT2D eigenvalue weighted by molar-refractivity contribution is 0.445. The quantitative estimate of drug-likeness (QED) is 0.658. The molecule has 0 N–H and O–H groups in total. The van der Waals surface area contributed by atoms with E-state index in [2.05, 4.69) is 30.9 Å². The van der Waals surface area contributed by atoms with E-state index in [9.17, 15) is 8.78 Å². The predicted octanol–water partition coefficient (Wildman–Crippen LogP) is 4.88. The van der Waals surface area contributed by atoms with Crippen molar-refractivity contribution >= 4 is 0 Å². The number of hydrogen-bond donors (Lipinski definition) is 0. The van der Waals surface area contributed by atoms with Gasteiger partial charge in [-0.1, -0.05) is 37.3 Å². The molecule has 2 aromatic rings. The van der Waals surface area contributed by atoms with Crippen molar-refractivity contribution < 1.29 is 8.78 Å². The molecule has 2 aromatic carbocycles. The van der Waals surface area contributed by atoms with Crippen LogP contribution in [0.4, 0.5) is 8.78 Å². The molecule has 0 radical (unpaired) electrons. The molecule has 0 aliphatic heterocycles. The number of hydrogen-bond acceptors (Lipinski definition) is 0. The minimum Gasteiger partial charge on any atom is -0.204 e. The molecule has 1 atom stereocenters. The number of fused-ring (bicyclic) bond motifs is 1. The standard InChI is InChI=1S/C20H18F2/c1-2-14-6-10-18-13-15(8-11-17(18)12-14)7-9-16-4-3-5-19(21)20(16)22/h3-5,8,11,13-14H,2,6,10,12H2,1H3. The summed E-state index contributed by atoms with van der Waals surface area (Å²) in [5.41, 5.74) is 3.71. The van der Waals surface area contributed by atoms with Crippen molar-refractivity contribution in [3.63, 3.8) is 0 Å². The molecule has 0 saturated carbocycles. The molecule has 22 heavy (non-hydrogen) atoms. The van der Waals surface area contributed by atoms with E-state index < -0.39 is 11.6 Å². The fourth-order valence-corrected chi connectivity index (χ4v) is 3.00. The van der Waals surface area contributed by atoms with Crippen LogP contribution in [-0.4, -0.2) is 0 Å². The molecule has 112 valence electrons. The van der Waals surface area contributed by atoms with E-state index in [0.29, 0.717) is 0 Å². The molecular weight excluding hydrogens is 278 g/mol. The van der Waals surface area contributed by atoms with Crippen LogP contribution in [0.5, 0.6) is 0 Å². The van der Waals surface area contributed by atoms with Crippen molar-refractivity contribution in [3.8, 4) is 11.8 Å². The topological polar surface area (TPSA) is 0 Å². The molecule has 0 fully saturated rings. The molecule has 3 rings (SSSR count). The summed E-state index contributed by atoms with van der Waals surface area (Å²) in [6.45, 7) is 2.24. The number of halogens is 2. The number of aryl methyl sites for hydroxylation is 1. The molecule has 1 aliphatic rings. The van der Waals surface area contributed by atoms with Crippen LogP contribution >= 0.6 is 0 Å². The smallest absolute Gasteiger partial charge is 0.174 e. The highest BCUT2D eigenvalue weighted by Crippen LogP contribution is 2.28. The van der Waals surface area contributed by atoms with Gasteiger partial charge in [-0.15, -0.1) is 0 Å². The van der Waals surface area contributed by atoms with Crippen LogP contribution in [0.15, 0.2) is 36.4 Å². The molecule has 2 heteroatoms. The Morgan fingerprint density at radius 2 is 1.95 bits per heavy atom. The van der Waals surface area contributed by atoms with Crippen molar-refractivity contribution in [2.75, 3.05) is 0 Å². The highest BCUT2D eigenvalue weighted by atomic mass is 19.2. The Morgan fingerprint density at radius 1 is 1.09 bits per heavy atom. The van der Waals surface area contributed by atoms with Gasteiger partial charge in [0.2, 0.25) is 0 Å². The Morgan fingerprint density at radius 3 is 2.77 bits per heavy atom. The molecule has 0 amide bonds. The van der Waals surface area contributed by atoms with Crippen LogP contribution in [0.2, 0.25) is 0 Å². The zero-order chi connectivity index (χ0) is 15.5. The summed E-state index contributed by atoms with van der Waals surface area (Å²) in [6, 6.07) is 10.3. The van der Waals surface area contributed by atoms with Crippen molar-refractivity contribution in [1.29, 1.82) is 0 Å². The zero-order valence-corrected chi connectivity index (χ0v) is 12.6. The Kier molecular flexibility index (Phi) is 4.24. The van der Waals surface area contributed by atoms with Gasteiger partial charge in [0.25, 0.3) is 0 Å². The summed E-state index contributed by atoms with van der Waals surface area (Å²) in [5, 5.41) is 0. The van der Waals surface area contributed by atoms with Crippen LogP contribution in [0.3, 0.4) is 0 Å². The third kappa shape index (κ3) is 3.04. The molecule has 1 unspecified atom stereocenters. The van der Waals surface area contributed by atoms with Crippen LogP contribution in [0, 0.1) is 29.4 Å². The second-order valence-electron chi connectivity index (χ2n) is 5.85. The van der Waals surface area contributed by atoms with E-state index in [1.54, 1.807) is 0 Å². The summed E-state index contributed by atoms with van der Waals surface area (Å²) < 4.78 is 26.7. The van der Waals surface area contributed by atoms with E-state index in [1.807, 2.05) is 6.07 Å². The zero-order valence-electron chi connectivity index (χ0n) is 12.6. The summed E-state index contributed by atoms with van der Waals surface area (Å²) in [5.74, 6) is 4.73. The van der Waals surface area contributed by atoms with Gasteiger partial charge in [-0.3, -0.25) is 0 Å². The van der Waals surface area contributed by atoms with Crippen LogP contribution in [0.25, 0.3) is 0 Å². The largest absolute Gasteiger partial charge is 0.204 e. The Balaban J connectivity index is 1.86. The molecule has 0 heterocycles. The minimum atomic E-state index is -0.876. The monoisotopic (exact) mass is 296 g/mol. The highest BCUT2D eigenvalue weighted by molar-refractivity contribution is 5.46. The first-order chi connectivity index (χ1) is 10.7. The SMILES string of the molecule is CCC1CCc2cc(C#Cc3cccc(F)c3F)ccc2C1. The van der Waals surface area contributed by atoms with E-state index >= 15 is 0 Å². The maximum Gasteiger partial charge on any atom is 0.174 e. The average Bonchev–Trinajstić information content (AvgIpc) is 2.55. The van der Waals surface area contributed by atoms with E-state index in [-0.39, 0.29) is 5.56 Å². The second kappa shape index (κ2) is 6.32. The van der Waals surface area contributed by atoms with E-state index in [0.717, 1.165) is 30.4 Å². The third-order valence-electron chi connectivity index (χ3n) is 4.41. The second-order valence-corrected chi connectivity index (χ2v) is 5.85. The number of rotatable bonds is 1. The average molecular weight is 296 g/mol. The van der Waals surface area contributed by atoms with Gasteiger partial charge in [0.05, 0.1) is 5.56 Å². The van der Waals surface area contributed by atoms with Gasteiger partial charge in [-0.2, -0.15) is 0 Å². The van der Waals surface area contributed by atoms with Gasteiger partial charge >= 0.3 is 0 Å². The van der Waals surface area contributed by atoms with Gasteiger partial charge in [0.15, 0.2) is 11.6 Å². The lowest BCUT2D eigenvalue weighted by Crippen LogP contribution is -2.13. The van der Waals surface area contributed by atoms with E-state index in [1.165, 1.54) is 36.1 Å². The van der Waals surface area contributed by atoms with Crippen molar-refractivity contribution in [2.45, 2.75) is 32.6 Å². The van der Waals surface area contributed by atoms with Gasteiger partial charge < -0.3 is 0 Å². The van der Waals surface area contributed by atoms with Crippen LogP contribution < -0.4 is 0 Å². The van der Waals surface area contributed by atoms with Gasteiger partial charge in [-0.05, 0) is 60.6 Å². The fraction of sp³-hybridized carbons (Fsp3) is 0.300.